The van der Waals surface area contributed by atoms with Crippen LogP contribution in [-0.4, -0.2) is 12.4 Å². The maximum Gasteiger partial charge on any atom is 0.163 e. The lowest BCUT2D eigenvalue weighted by Gasteiger charge is -2.05. The number of carbonyl (C=O) groups excluding carboxylic acids is 1. The van der Waals surface area contributed by atoms with E-state index in [1.807, 2.05) is 18.2 Å². The molecule has 0 aromatic heterocycles. The lowest BCUT2D eigenvalue weighted by atomic mass is 10.1. The van der Waals surface area contributed by atoms with Crippen molar-refractivity contribution < 1.29 is 9.53 Å². The van der Waals surface area contributed by atoms with Crippen LogP contribution in [0.15, 0.2) is 18.2 Å². The molecule has 0 N–H and O–H groups in total. The molecule has 0 aliphatic heterocycles. The summed E-state index contributed by atoms with van der Waals surface area (Å²) in [6, 6.07) is 5.77. The lowest BCUT2D eigenvalue weighted by molar-refractivity contribution is 0.0994. The van der Waals surface area contributed by atoms with Crippen LogP contribution in [0.4, 0.5) is 0 Å². The van der Waals surface area contributed by atoms with Gasteiger partial charge in [0.25, 0.3) is 0 Å². The van der Waals surface area contributed by atoms with Crippen LogP contribution in [0.2, 0.25) is 0 Å². The molecule has 0 unspecified atom stereocenters. The highest BCUT2D eigenvalue weighted by Crippen LogP contribution is 2.26. The molecule has 0 atom stereocenters. The molecule has 1 aromatic carbocycles. The van der Waals surface area contributed by atoms with E-state index < -0.39 is 0 Å². The minimum Gasteiger partial charge on any atom is -0.494 e. The van der Waals surface area contributed by atoms with Gasteiger partial charge in [0.2, 0.25) is 0 Å². The van der Waals surface area contributed by atoms with E-state index in [1.54, 1.807) is 0 Å². The fraction of sp³-hybridized carbons (Fsp3) is 0.417. The third kappa shape index (κ3) is 1.65. The molecule has 1 aliphatic carbocycles. The number of ether oxygens (including phenoxy) is 1. The second-order valence-electron chi connectivity index (χ2n) is 3.59. The third-order valence-electron chi connectivity index (χ3n) is 2.47. The molecule has 1 aliphatic rings. The van der Waals surface area contributed by atoms with Gasteiger partial charge in [0, 0.05) is 12.0 Å². The number of Topliss-reactive ketones (excluding diaryl/α,β-unsaturated/α-hetero) is 1. The summed E-state index contributed by atoms with van der Waals surface area (Å²) in [6.07, 6.45) is 2.54. The van der Waals surface area contributed by atoms with Gasteiger partial charge in [-0.3, -0.25) is 4.79 Å². The van der Waals surface area contributed by atoms with Crippen LogP contribution in [0.5, 0.6) is 5.75 Å². The van der Waals surface area contributed by atoms with Crippen LogP contribution in [0.25, 0.3) is 0 Å². The minimum absolute atomic E-state index is 0.266. The van der Waals surface area contributed by atoms with Gasteiger partial charge in [-0.05, 0) is 36.6 Å². The number of hydrogen-bond donors (Lipinski definition) is 0. The molecule has 0 amide bonds. The number of hydrogen-bond acceptors (Lipinski definition) is 2. The average molecular weight is 190 g/mol. The van der Waals surface area contributed by atoms with Gasteiger partial charge < -0.3 is 4.74 Å². The second-order valence-corrected chi connectivity index (χ2v) is 3.59. The smallest absolute Gasteiger partial charge is 0.163 e. The number of ketones is 1. The van der Waals surface area contributed by atoms with Crippen molar-refractivity contribution in [3.8, 4) is 5.75 Å². The molecular weight excluding hydrogens is 176 g/mol. The predicted molar refractivity (Wildman–Crippen MR) is 54.9 cm³/mol. The Balaban J connectivity index is 2.19. The summed E-state index contributed by atoms with van der Waals surface area (Å²) >= 11 is 0. The van der Waals surface area contributed by atoms with Gasteiger partial charge in [-0.25, -0.2) is 0 Å². The lowest BCUT2D eigenvalue weighted by Crippen LogP contribution is -1.96. The molecular formula is C12H14O2. The Bertz CT molecular complexity index is 355. The zero-order valence-electron chi connectivity index (χ0n) is 8.38. The first-order chi connectivity index (χ1) is 6.81. The largest absolute Gasteiger partial charge is 0.494 e. The molecule has 2 nitrogen and oxygen atoms in total. The van der Waals surface area contributed by atoms with E-state index >= 15 is 0 Å². The summed E-state index contributed by atoms with van der Waals surface area (Å²) in [5, 5.41) is 0. The van der Waals surface area contributed by atoms with Gasteiger partial charge in [0.05, 0.1) is 6.61 Å². The maximum absolute atomic E-state index is 11.4. The quantitative estimate of drug-likeness (QED) is 0.732. The van der Waals surface area contributed by atoms with Crippen molar-refractivity contribution in [3.05, 3.63) is 29.3 Å². The van der Waals surface area contributed by atoms with Gasteiger partial charge in [-0.1, -0.05) is 6.92 Å². The zero-order chi connectivity index (χ0) is 9.97. The molecule has 0 saturated carbocycles. The molecule has 14 heavy (non-hydrogen) atoms. The molecule has 0 saturated heterocycles. The zero-order valence-corrected chi connectivity index (χ0v) is 8.38. The number of fused-ring (bicyclic) bond motifs is 1. The summed E-state index contributed by atoms with van der Waals surface area (Å²) in [6.45, 7) is 2.82. The Morgan fingerprint density at radius 3 is 3.00 bits per heavy atom. The first kappa shape index (κ1) is 9.25. The standard InChI is InChI=1S/C12H14O2/c1-2-7-14-10-4-5-11-9(8-10)3-6-12(11)13/h4-5,8H,2-3,6-7H2,1H3. The van der Waals surface area contributed by atoms with Crippen molar-refractivity contribution in [3.63, 3.8) is 0 Å². The number of aryl methyl sites for hydroxylation is 1. The number of benzene rings is 1. The topological polar surface area (TPSA) is 26.3 Å². The highest BCUT2D eigenvalue weighted by molar-refractivity contribution is 6.00. The van der Waals surface area contributed by atoms with Crippen molar-refractivity contribution >= 4 is 5.78 Å². The normalized spacial score (nSPS) is 14.2. The molecule has 1 aromatic rings. The van der Waals surface area contributed by atoms with E-state index in [9.17, 15) is 4.79 Å². The number of carbonyl (C=O) groups is 1. The minimum atomic E-state index is 0.266. The van der Waals surface area contributed by atoms with Crippen LogP contribution in [-0.2, 0) is 6.42 Å². The van der Waals surface area contributed by atoms with Crippen molar-refractivity contribution in [2.45, 2.75) is 26.2 Å². The van der Waals surface area contributed by atoms with Gasteiger partial charge in [0.15, 0.2) is 5.78 Å². The van der Waals surface area contributed by atoms with E-state index in [0.29, 0.717) is 6.42 Å². The summed E-state index contributed by atoms with van der Waals surface area (Å²) in [5.74, 6) is 1.15. The van der Waals surface area contributed by atoms with E-state index in [-0.39, 0.29) is 5.78 Å². The highest BCUT2D eigenvalue weighted by Gasteiger charge is 2.19. The first-order valence-electron chi connectivity index (χ1n) is 5.10. The Hall–Kier alpha value is -1.31. The monoisotopic (exact) mass is 190 g/mol. The fourth-order valence-electron chi connectivity index (χ4n) is 1.74. The number of rotatable bonds is 3. The van der Waals surface area contributed by atoms with Crippen LogP contribution >= 0.6 is 0 Å². The molecule has 0 fully saturated rings. The van der Waals surface area contributed by atoms with E-state index in [4.69, 9.17) is 4.74 Å². The van der Waals surface area contributed by atoms with Gasteiger partial charge in [-0.15, -0.1) is 0 Å². The molecule has 2 rings (SSSR count). The summed E-state index contributed by atoms with van der Waals surface area (Å²) in [5.41, 5.74) is 2.03. The van der Waals surface area contributed by atoms with Crippen molar-refractivity contribution in [1.29, 1.82) is 0 Å². The molecule has 0 bridgehead atoms. The average Bonchev–Trinajstić information content (AvgIpc) is 2.57. The maximum atomic E-state index is 11.4. The van der Waals surface area contributed by atoms with Crippen molar-refractivity contribution in [2.75, 3.05) is 6.61 Å². The van der Waals surface area contributed by atoms with E-state index in [0.717, 1.165) is 36.3 Å². The molecule has 2 heteroatoms. The van der Waals surface area contributed by atoms with E-state index in [2.05, 4.69) is 6.92 Å². The first-order valence-corrected chi connectivity index (χ1v) is 5.10. The van der Waals surface area contributed by atoms with E-state index in [1.165, 1.54) is 0 Å². The Morgan fingerprint density at radius 1 is 1.36 bits per heavy atom. The fourth-order valence-corrected chi connectivity index (χ4v) is 1.74. The Labute approximate surface area is 83.9 Å². The highest BCUT2D eigenvalue weighted by atomic mass is 16.5. The third-order valence-corrected chi connectivity index (χ3v) is 2.47. The SMILES string of the molecule is CCCOc1ccc2c(c1)CCC2=O. The molecule has 74 valence electrons. The predicted octanol–water partition coefficient (Wildman–Crippen LogP) is 2.60. The summed E-state index contributed by atoms with van der Waals surface area (Å²) in [4.78, 5) is 11.4. The van der Waals surface area contributed by atoms with Gasteiger partial charge >= 0.3 is 0 Å². The summed E-state index contributed by atoms with van der Waals surface area (Å²) in [7, 11) is 0. The Kier molecular flexibility index (Phi) is 2.53. The summed E-state index contributed by atoms with van der Waals surface area (Å²) < 4.78 is 5.50. The molecule has 0 radical (unpaired) electrons. The van der Waals surface area contributed by atoms with Gasteiger partial charge in [-0.2, -0.15) is 0 Å². The second kappa shape index (κ2) is 3.82. The van der Waals surface area contributed by atoms with Gasteiger partial charge in [0.1, 0.15) is 5.75 Å². The van der Waals surface area contributed by atoms with Crippen molar-refractivity contribution in [1.82, 2.24) is 0 Å². The van der Waals surface area contributed by atoms with Crippen LogP contribution in [0, 0.1) is 0 Å². The van der Waals surface area contributed by atoms with Crippen LogP contribution in [0.3, 0.4) is 0 Å². The van der Waals surface area contributed by atoms with Crippen molar-refractivity contribution in [2.24, 2.45) is 0 Å². The Morgan fingerprint density at radius 2 is 2.21 bits per heavy atom. The van der Waals surface area contributed by atoms with Crippen LogP contribution < -0.4 is 4.74 Å². The van der Waals surface area contributed by atoms with Crippen LogP contribution in [0.1, 0.15) is 35.7 Å². The molecule has 0 spiro atoms. The molecule has 0 heterocycles.